The van der Waals surface area contributed by atoms with Crippen LogP contribution in [0.25, 0.3) is 0 Å². The minimum absolute atomic E-state index is 0.0402. The molecule has 0 spiro atoms. The molecule has 170 valence electrons. The maximum atomic E-state index is 13.3. The first kappa shape index (κ1) is 23.4. The van der Waals surface area contributed by atoms with E-state index in [1.165, 1.54) is 25.7 Å². The third-order valence-electron chi connectivity index (χ3n) is 6.52. The van der Waals surface area contributed by atoms with E-state index < -0.39 is 0 Å². The molecule has 5 heteroatoms. The molecule has 0 radical (unpaired) electrons. The topological polar surface area (TPSA) is 45.1 Å². The maximum Gasteiger partial charge on any atom is 0.300 e. The van der Waals surface area contributed by atoms with Crippen LogP contribution in [-0.2, 0) is 9.53 Å². The van der Waals surface area contributed by atoms with Crippen LogP contribution in [0.3, 0.4) is 0 Å². The molecule has 31 heavy (non-hydrogen) atoms. The number of amidine groups is 1. The number of amides is 1. The largest absolute Gasteiger partial charge is 0.420 e. The van der Waals surface area contributed by atoms with Gasteiger partial charge < -0.3 is 9.64 Å². The number of ether oxygens (including phenoxy) is 1. The van der Waals surface area contributed by atoms with Gasteiger partial charge in [-0.05, 0) is 63.7 Å². The average Bonchev–Trinajstić information content (AvgIpc) is 3.51. The van der Waals surface area contributed by atoms with E-state index in [1.807, 2.05) is 23.1 Å². The highest BCUT2D eigenvalue weighted by molar-refractivity contribution is 6.09. The summed E-state index contributed by atoms with van der Waals surface area (Å²) in [7, 11) is 0. The Hall–Kier alpha value is -2.30. The molecule has 0 aromatic heterocycles. The Morgan fingerprint density at radius 2 is 1.74 bits per heavy atom. The van der Waals surface area contributed by atoms with Gasteiger partial charge in [0, 0.05) is 24.8 Å². The summed E-state index contributed by atoms with van der Waals surface area (Å²) in [4.78, 5) is 22.3. The van der Waals surface area contributed by atoms with E-state index in [2.05, 4.69) is 38.3 Å². The van der Waals surface area contributed by atoms with Gasteiger partial charge >= 0.3 is 6.02 Å². The van der Waals surface area contributed by atoms with Gasteiger partial charge in [-0.25, -0.2) is 4.99 Å². The van der Waals surface area contributed by atoms with Crippen LogP contribution < -0.4 is 0 Å². The lowest BCUT2D eigenvalue weighted by molar-refractivity contribution is -0.124. The van der Waals surface area contributed by atoms with Gasteiger partial charge in [-0.1, -0.05) is 51.3 Å². The van der Waals surface area contributed by atoms with Crippen molar-refractivity contribution in [1.29, 1.82) is 0 Å². The molecule has 1 heterocycles. The van der Waals surface area contributed by atoms with Crippen molar-refractivity contribution in [1.82, 2.24) is 9.80 Å². The normalized spacial score (nSPS) is 23.6. The molecule has 0 bridgehead atoms. The van der Waals surface area contributed by atoms with Crippen molar-refractivity contribution in [3.05, 3.63) is 47.9 Å². The Kier molecular flexibility index (Phi) is 8.56. The first-order chi connectivity index (χ1) is 15.1. The smallest absolute Gasteiger partial charge is 0.300 e. The quantitative estimate of drug-likeness (QED) is 0.351. The van der Waals surface area contributed by atoms with Crippen LogP contribution in [-0.4, -0.2) is 46.9 Å². The molecule has 3 aliphatic rings. The third-order valence-corrected chi connectivity index (χ3v) is 6.52. The molecule has 0 aromatic rings. The fourth-order valence-electron chi connectivity index (χ4n) is 4.74. The number of carbonyl (C=O) groups is 1. The number of carbonyl (C=O) groups excluding carboxylic acids is 1. The zero-order valence-electron chi connectivity index (χ0n) is 19.6. The summed E-state index contributed by atoms with van der Waals surface area (Å²) in [6, 6.07) is 1.03. The summed E-state index contributed by atoms with van der Waals surface area (Å²) in [6.07, 6.45) is 17.9. The molecule has 1 aliphatic heterocycles. The number of nitrogens with zero attached hydrogens (tertiary/aromatic N) is 3. The third kappa shape index (κ3) is 5.90. The van der Waals surface area contributed by atoms with Gasteiger partial charge in [0.2, 0.25) is 0 Å². The predicted molar refractivity (Wildman–Crippen MR) is 128 cm³/mol. The van der Waals surface area contributed by atoms with Crippen molar-refractivity contribution < 1.29 is 9.53 Å². The molecule has 5 nitrogen and oxygen atoms in total. The van der Waals surface area contributed by atoms with Crippen LogP contribution in [0.5, 0.6) is 0 Å². The van der Waals surface area contributed by atoms with Gasteiger partial charge in [-0.2, -0.15) is 0 Å². The molecule has 1 amide bonds. The van der Waals surface area contributed by atoms with Gasteiger partial charge in [-0.15, -0.1) is 0 Å². The van der Waals surface area contributed by atoms with Crippen LogP contribution >= 0.6 is 0 Å². The van der Waals surface area contributed by atoms with E-state index in [4.69, 9.17) is 9.73 Å². The Morgan fingerprint density at radius 1 is 1.10 bits per heavy atom. The molecule has 1 saturated heterocycles. The molecular weight excluding hydrogens is 386 g/mol. The minimum Gasteiger partial charge on any atom is -0.420 e. The number of allylic oxidation sites excluding steroid dienone is 5. The van der Waals surface area contributed by atoms with E-state index >= 15 is 0 Å². The highest BCUT2D eigenvalue weighted by Crippen LogP contribution is 2.31. The van der Waals surface area contributed by atoms with Crippen LogP contribution in [0, 0.1) is 0 Å². The fourth-order valence-corrected chi connectivity index (χ4v) is 4.74. The first-order valence-corrected chi connectivity index (χ1v) is 12.2. The van der Waals surface area contributed by atoms with Crippen molar-refractivity contribution in [2.45, 2.75) is 90.6 Å². The summed E-state index contributed by atoms with van der Waals surface area (Å²) >= 11 is 0. The van der Waals surface area contributed by atoms with Crippen molar-refractivity contribution in [2.24, 2.45) is 4.99 Å². The van der Waals surface area contributed by atoms with Gasteiger partial charge in [-0.3, -0.25) is 9.69 Å². The minimum atomic E-state index is -0.0402. The molecule has 0 N–H and O–H groups in total. The van der Waals surface area contributed by atoms with Crippen molar-refractivity contribution in [2.75, 3.05) is 13.1 Å². The molecule has 0 unspecified atom stereocenters. The van der Waals surface area contributed by atoms with Gasteiger partial charge in [0.05, 0.1) is 6.04 Å². The van der Waals surface area contributed by atoms with Crippen LogP contribution in [0.15, 0.2) is 52.9 Å². The fraction of sp³-hybridized carbons (Fsp3) is 0.615. The Labute approximate surface area is 188 Å². The molecule has 2 saturated carbocycles. The molecule has 3 fully saturated rings. The van der Waals surface area contributed by atoms with Gasteiger partial charge in [0.15, 0.2) is 5.76 Å². The Balaban J connectivity index is 1.83. The number of likely N-dealkylation sites (N-methyl/N-ethyl adjacent to an activating group) is 1. The lowest BCUT2D eigenvalue weighted by Gasteiger charge is -2.21. The SMILES string of the molecule is C=C(\C=C/C(=C\CC)/C=C1/OC(=NC2CCCC2)N(C2CCCC2)C1=O)N(CC)CC. The monoisotopic (exact) mass is 425 g/mol. The predicted octanol–water partition coefficient (Wildman–Crippen LogP) is 5.72. The average molecular weight is 426 g/mol. The standard InChI is InChI=1S/C26H39N3O2/c1-5-12-21(18-17-20(4)28(6-2)7-3)19-24-25(30)29(23-15-10-11-16-23)26(31-24)27-22-13-8-9-14-22/h12,17-19,22-23H,4-11,13-16H2,1-3H3/b18-17-,21-12+,24-19+,27-26?. The summed E-state index contributed by atoms with van der Waals surface area (Å²) in [5.41, 5.74) is 1.94. The van der Waals surface area contributed by atoms with E-state index in [-0.39, 0.29) is 18.0 Å². The Bertz CT molecular complexity index is 762. The second-order valence-corrected chi connectivity index (χ2v) is 8.68. The molecular formula is C26H39N3O2. The number of hydrogen-bond donors (Lipinski definition) is 0. The zero-order valence-corrected chi connectivity index (χ0v) is 19.6. The zero-order chi connectivity index (χ0) is 22.2. The highest BCUT2D eigenvalue weighted by atomic mass is 16.5. The van der Waals surface area contributed by atoms with Gasteiger partial charge in [0.25, 0.3) is 5.91 Å². The first-order valence-electron chi connectivity index (χ1n) is 12.2. The van der Waals surface area contributed by atoms with E-state index in [9.17, 15) is 4.79 Å². The van der Waals surface area contributed by atoms with Crippen LogP contribution in [0.2, 0.25) is 0 Å². The van der Waals surface area contributed by atoms with Crippen molar-refractivity contribution in [3.8, 4) is 0 Å². The highest BCUT2D eigenvalue weighted by Gasteiger charge is 2.41. The maximum absolute atomic E-state index is 13.3. The van der Waals surface area contributed by atoms with Crippen molar-refractivity contribution >= 4 is 11.9 Å². The lowest BCUT2D eigenvalue weighted by Crippen LogP contribution is -2.38. The van der Waals surface area contributed by atoms with Crippen molar-refractivity contribution in [3.63, 3.8) is 0 Å². The molecule has 2 aliphatic carbocycles. The Morgan fingerprint density at radius 3 is 2.35 bits per heavy atom. The summed E-state index contributed by atoms with van der Waals surface area (Å²) in [5.74, 6) is 0.350. The van der Waals surface area contributed by atoms with E-state index in [0.717, 1.165) is 56.5 Å². The van der Waals surface area contributed by atoms with Crippen LogP contribution in [0.4, 0.5) is 0 Å². The second-order valence-electron chi connectivity index (χ2n) is 8.68. The number of aliphatic imine (C=N–C) groups is 1. The number of hydrogen-bond acceptors (Lipinski definition) is 4. The molecule has 3 rings (SSSR count). The second kappa shape index (κ2) is 11.4. The molecule has 0 aromatic carbocycles. The van der Waals surface area contributed by atoms with E-state index in [1.54, 1.807) is 0 Å². The van der Waals surface area contributed by atoms with E-state index in [0.29, 0.717) is 11.8 Å². The number of rotatable bonds is 9. The molecule has 0 atom stereocenters. The summed E-state index contributed by atoms with van der Waals surface area (Å²) in [6.45, 7) is 12.4. The lowest BCUT2D eigenvalue weighted by atomic mass is 10.1. The summed E-state index contributed by atoms with van der Waals surface area (Å²) in [5, 5.41) is 0. The van der Waals surface area contributed by atoms with Gasteiger partial charge in [0.1, 0.15) is 0 Å². The summed E-state index contributed by atoms with van der Waals surface area (Å²) < 4.78 is 6.11. The van der Waals surface area contributed by atoms with Crippen LogP contribution in [0.1, 0.15) is 78.6 Å².